The standard InChI is InChI=1S/C27H30ClN3O3S/c1-19-10-16-23(17-11-19)35(33,34)31(18-21-12-14-22(28)15-13-21)25-9-7-6-8-24(25)26(32)30-29-20(2)27(3,4)5/h6-17H,18H2,1-5H3,(H,30,32)/b29-20-. The molecule has 1 amide bonds. The van der Waals surface area contributed by atoms with Gasteiger partial charge in [0.15, 0.2) is 0 Å². The molecular weight excluding hydrogens is 482 g/mol. The number of carbonyl (C=O) groups excluding carboxylic acids is 1. The quantitative estimate of drug-likeness (QED) is 0.303. The van der Waals surface area contributed by atoms with Crippen LogP contribution in [0.1, 0.15) is 49.2 Å². The number of carbonyl (C=O) groups is 1. The molecule has 35 heavy (non-hydrogen) atoms. The van der Waals surface area contributed by atoms with E-state index in [1.165, 1.54) is 4.31 Å². The Morgan fingerprint density at radius 3 is 2.17 bits per heavy atom. The SMILES string of the molecule is C/C(=N/NC(=O)c1ccccc1N(Cc1ccc(Cl)cc1)S(=O)(=O)c1ccc(C)cc1)C(C)(C)C. The molecule has 0 aromatic heterocycles. The molecule has 0 spiro atoms. The van der Waals surface area contributed by atoms with Gasteiger partial charge in [-0.3, -0.25) is 9.10 Å². The van der Waals surface area contributed by atoms with Gasteiger partial charge in [-0.1, -0.05) is 74.3 Å². The maximum Gasteiger partial charge on any atom is 0.273 e. The van der Waals surface area contributed by atoms with Crippen LogP contribution in [0.15, 0.2) is 82.8 Å². The number of halogens is 1. The maximum absolute atomic E-state index is 13.8. The molecule has 8 heteroatoms. The van der Waals surface area contributed by atoms with E-state index < -0.39 is 15.9 Å². The Morgan fingerprint density at radius 2 is 1.57 bits per heavy atom. The molecule has 0 unspecified atom stereocenters. The zero-order chi connectivity index (χ0) is 25.8. The molecule has 3 rings (SSSR count). The molecule has 0 saturated carbocycles. The second-order valence-electron chi connectivity index (χ2n) is 9.36. The van der Waals surface area contributed by atoms with Crippen LogP contribution in [-0.4, -0.2) is 20.0 Å². The molecule has 0 aliphatic rings. The summed E-state index contributed by atoms with van der Waals surface area (Å²) in [6.07, 6.45) is 0. The summed E-state index contributed by atoms with van der Waals surface area (Å²) in [7, 11) is -4.01. The molecule has 0 fully saturated rings. The van der Waals surface area contributed by atoms with Crippen LogP contribution in [0, 0.1) is 12.3 Å². The zero-order valence-corrected chi connectivity index (χ0v) is 22.1. The number of sulfonamides is 1. The average molecular weight is 512 g/mol. The highest BCUT2D eigenvalue weighted by Gasteiger charge is 2.29. The Bertz CT molecular complexity index is 1330. The highest BCUT2D eigenvalue weighted by Crippen LogP contribution is 2.30. The molecule has 0 atom stereocenters. The van der Waals surface area contributed by atoms with Crippen LogP contribution in [0.4, 0.5) is 5.69 Å². The molecule has 0 radical (unpaired) electrons. The van der Waals surface area contributed by atoms with Crippen molar-refractivity contribution < 1.29 is 13.2 Å². The van der Waals surface area contributed by atoms with Crippen LogP contribution in [-0.2, 0) is 16.6 Å². The number of aryl methyl sites for hydroxylation is 1. The Kier molecular flexibility index (Phi) is 8.03. The van der Waals surface area contributed by atoms with Crippen molar-refractivity contribution in [2.45, 2.75) is 46.1 Å². The van der Waals surface area contributed by atoms with Gasteiger partial charge in [-0.05, 0) is 55.8 Å². The van der Waals surface area contributed by atoms with Gasteiger partial charge in [0.05, 0.1) is 22.7 Å². The average Bonchev–Trinajstić information content (AvgIpc) is 2.81. The smallest absolute Gasteiger partial charge is 0.267 e. The van der Waals surface area contributed by atoms with E-state index in [-0.39, 0.29) is 28.1 Å². The van der Waals surface area contributed by atoms with E-state index in [9.17, 15) is 13.2 Å². The van der Waals surface area contributed by atoms with Crippen molar-refractivity contribution in [1.29, 1.82) is 0 Å². The van der Waals surface area contributed by atoms with Gasteiger partial charge < -0.3 is 0 Å². The highest BCUT2D eigenvalue weighted by molar-refractivity contribution is 7.92. The first-order valence-electron chi connectivity index (χ1n) is 11.2. The second kappa shape index (κ2) is 10.6. The first-order valence-corrected chi connectivity index (χ1v) is 13.0. The van der Waals surface area contributed by atoms with Crippen LogP contribution in [0.5, 0.6) is 0 Å². The predicted octanol–water partition coefficient (Wildman–Crippen LogP) is 6.20. The molecule has 3 aromatic rings. The summed E-state index contributed by atoms with van der Waals surface area (Å²) in [5.41, 5.74) is 5.22. The van der Waals surface area contributed by atoms with Gasteiger partial charge in [-0.25, -0.2) is 13.8 Å². The van der Waals surface area contributed by atoms with Gasteiger partial charge >= 0.3 is 0 Å². The highest BCUT2D eigenvalue weighted by atomic mass is 35.5. The van der Waals surface area contributed by atoms with Gasteiger partial charge in [0, 0.05) is 16.1 Å². The van der Waals surface area contributed by atoms with Crippen molar-refractivity contribution in [2.24, 2.45) is 10.5 Å². The van der Waals surface area contributed by atoms with Crippen LogP contribution in [0.25, 0.3) is 0 Å². The monoisotopic (exact) mass is 511 g/mol. The topological polar surface area (TPSA) is 78.8 Å². The maximum atomic E-state index is 13.8. The van der Waals surface area contributed by atoms with Gasteiger partial charge in [-0.2, -0.15) is 5.10 Å². The largest absolute Gasteiger partial charge is 0.273 e. The second-order valence-corrected chi connectivity index (χ2v) is 11.7. The summed E-state index contributed by atoms with van der Waals surface area (Å²) < 4.78 is 28.9. The Balaban J connectivity index is 2.09. The number of anilines is 1. The van der Waals surface area contributed by atoms with Crippen LogP contribution < -0.4 is 9.73 Å². The molecule has 0 bridgehead atoms. The summed E-state index contributed by atoms with van der Waals surface area (Å²) in [6.45, 7) is 9.72. The lowest BCUT2D eigenvalue weighted by atomic mass is 9.91. The molecule has 1 N–H and O–H groups in total. The third kappa shape index (κ3) is 6.50. The lowest BCUT2D eigenvalue weighted by Crippen LogP contribution is -2.33. The van der Waals surface area contributed by atoms with Gasteiger partial charge in [-0.15, -0.1) is 0 Å². The third-order valence-corrected chi connectivity index (χ3v) is 7.70. The van der Waals surface area contributed by atoms with E-state index in [2.05, 4.69) is 10.5 Å². The summed E-state index contributed by atoms with van der Waals surface area (Å²) in [5, 5.41) is 4.78. The summed E-state index contributed by atoms with van der Waals surface area (Å²) in [6, 6.07) is 20.2. The lowest BCUT2D eigenvalue weighted by molar-refractivity contribution is 0.0955. The molecule has 0 saturated heterocycles. The van der Waals surface area contributed by atoms with Crippen LogP contribution >= 0.6 is 11.6 Å². The Hall–Kier alpha value is -3.16. The van der Waals surface area contributed by atoms with E-state index in [4.69, 9.17) is 11.6 Å². The minimum Gasteiger partial charge on any atom is -0.267 e. The number of nitrogens with zero attached hydrogens (tertiary/aromatic N) is 2. The van der Waals surface area contributed by atoms with E-state index >= 15 is 0 Å². The fourth-order valence-electron chi connectivity index (χ4n) is 3.14. The Labute approximate surface area is 212 Å². The Morgan fingerprint density at radius 1 is 0.971 bits per heavy atom. The molecule has 0 aliphatic carbocycles. The van der Waals surface area contributed by atoms with E-state index in [0.717, 1.165) is 16.8 Å². The van der Waals surface area contributed by atoms with E-state index in [1.807, 2.05) is 34.6 Å². The molecule has 184 valence electrons. The normalized spacial score (nSPS) is 12.3. The first kappa shape index (κ1) is 26.4. The lowest BCUT2D eigenvalue weighted by Gasteiger charge is -2.26. The first-order chi connectivity index (χ1) is 16.4. The van der Waals surface area contributed by atoms with E-state index in [0.29, 0.717) is 5.02 Å². The molecule has 6 nitrogen and oxygen atoms in total. The predicted molar refractivity (Wildman–Crippen MR) is 142 cm³/mol. The van der Waals surface area contributed by atoms with Crippen molar-refractivity contribution in [1.82, 2.24) is 5.43 Å². The molecule has 0 heterocycles. The summed E-state index contributed by atoms with van der Waals surface area (Å²) in [5.74, 6) is -0.496. The van der Waals surface area contributed by atoms with Crippen molar-refractivity contribution in [3.05, 3.63) is 94.5 Å². The summed E-state index contributed by atoms with van der Waals surface area (Å²) >= 11 is 6.03. The molecule has 0 aliphatic heterocycles. The van der Waals surface area contributed by atoms with Crippen molar-refractivity contribution >= 4 is 38.9 Å². The van der Waals surface area contributed by atoms with Crippen LogP contribution in [0.2, 0.25) is 5.02 Å². The van der Waals surface area contributed by atoms with Gasteiger partial charge in [0.2, 0.25) is 0 Å². The number of rotatable bonds is 7. The number of hydrogen-bond donors (Lipinski definition) is 1. The summed E-state index contributed by atoms with van der Waals surface area (Å²) in [4.78, 5) is 13.3. The minimum absolute atomic E-state index is 0.0158. The zero-order valence-electron chi connectivity index (χ0n) is 20.5. The number of hydrogen-bond acceptors (Lipinski definition) is 4. The number of nitrogens with one attached hydrogen (secondary N) is 1. The number of hydrazone groups is 1. The van der Waals surface area contributed by atoms with Gasteiger partial charge in [0.25, 0.3) is 15.9 Å². The van der Waals surface area contributed by atoms with E-state index in [1.54, 1.807) is 72.8 Å². The fourth-order valence-corrected chi connectivity index (χ4v) is 4.74. The minimum atomic E-state index is -4.01. The number of amides is 1. The number of benzene rings is 3. The van der Waals surface area contributed by atoms with Crippen molar-refractivity contribution in [3.8, 4) is 0 Å². The van der Waals surface area contributed by atoms with Crippen LogP contribution in [0.3, 0.4) is 0 Å². The van der Waals surface area contributed by atoms with Gasteiger partial charge in [0.1, 0.15) is 0 Å². The fraction of sp³-hybridized carbons (Fsp3) is 0.259. The third-order valence-electron chi connectivity index (χ3n) is 5.68. The number of para-hydroxylation sites is 1. The van der Waals surface area contributed by atoms with Crippen molar-refractivity contribution in [3.63, 3.8) is 0 Å². The molecule has 3 aromatic carbocycles. The van der Waals surface area contributed by atoms with Crippen molar-refractivity contribution in [2.75, 3.05) is 4.31 Å². The molecular formula is C27H30ClN3O3S.